The third-order valence-corrected chi connectivity index (χ3v) is 5.78. The molecule has 0 spiro atoms. The molecule has 1 aliphatic heterocycles. The lowest BCUT2D eigenvalue weighted by atomic mass is 9.89. The fourth-order valence-electron chi connectivity index (χ4n) is 3.93. The Morgan fingerprint density at radius 3 is 2.62 bits per heavy atom. The summed E-state index contributed by atoms with van der Waals surface area (Å²) >= 11 is 0. The minimum atomic E-state index is -0.0714. The SMILES string of the molecule is CCc1ccc([C@H](C)NC(=O)c2cccc([C@@H]3CCCN(C(=O)NC)C3)c2)cc1. The summed E-state index contributed by atoms with van der Waals surface area (Å²) in [5, 5.41) is 5.81. The number of piperidine rings is 1. The average Bonchev–Trinajstić information content (AvgIpc) is 2.78. The Hall–Kier alpha value is -2.82. The van der Waals surface area contributed by atoms with Crippen molar-refractivity contribution in [3.8, 4) is 0 Å². The monoisotopic (exact) mass is 393 g/mol. The molecule has 0 unspecified atom stereocenters. The number of aryl methyl sites for hydroxylation is 1. The van der Waals surface area contributed by atoms with Gasteiger partial charge in [-0.25, -0.2) is 4.79 Å². The summed E-state index contributed by atoms with van der Waals surface area (Å²) in [5.41, 5.74) is 4.17. The topological polar surface area (TPSA) is 61.4 Å². The Kier molecular flexibility index (Phi) is 6.91. The number of carbonyl (C=O) groups excluding carboxylic acids is 2. The Morgan fingerprint density at radius 2 is 1.93 bits per heavy atom. The number of rotatable bonds is 5. The van der Waals surface area contributed by atoms with Crippen LogP contribution >= 0.6 is 0 Å². The number of benzene rings is 2. The highest BCUT2D eigenvalue weighted by Crippen LogP contribution is 2.27. The highest BCUT2D eigenvalue weighted by Gasteiger charge is 2.24. The van der Waals surface area contributed by atoms with Gasteiger partial charge < -0.3 is 15.5 Å². The van der Waals surface area contributed by atoms with Gasteiger partial charge in [-0.2, -0.15) is 0 Å². The third-order valence-electron chi connectivity index (χ3n) is 5.78. The minimum Gasteiger partial charge on any atom is -0.346 e. The molecule has 154 valence electrons. The number of likely N-dealkylation sites (tertiary alicyclic amines) is 1. The number of nitrogens with zero attached hydrogens (tertiary/aromatic N) is 1. The molecule has 0 aromatic heterocycles. The van der Waals surface area contributed by atoms with Gasteiger partial charge in [-0.1, -0.05) is 43.3 Å². The van der Waals surface area contributed by atoms with Crippen LogP contribution in [0.15, 0.2) is 48.5 Å². The smallest absolute Gasteiger partial charge is 0.317 e. The number of nitrogens with one attached hydrogen (secondary N) is 2. The highest BCUT2D eigenvalue weighted by molar-refractivity contribution is 5.94. The molecular formula is C24H31N3O2. The molecule has 0 bridgehead atoms. The maximum absolute atomic E-state index is 12.8. The maximum Gasteiger partial charge on any atom is 0.317 e. The van der Waals surface area contributed by atoms with E-state index >= 15 is 0 Å². The predicted molar refractivity (Wildman–Crippen MR) is 116 cm³/mol. The van der Waals surface area contributed by atoms with Gasteiger partial charge in [-0.15, -0.1) is 0 Å². The average molecular weight is 394 g/mol. The van der Waals surface area contributed by atoms with Crippen molar-refractivity contribution in [2.24, 2.45) is 0 Å². The van der Waals surface area contributed by atoms with Crippen molar-refractivity contribution in [1.82, 2.24) is 15.5 Å². The van der Waals surface area contributed by atoms with Crippen LogP contribution in [0.25, 0.3) is 0 Å². The van der Waals surface area contributed by atoms with Gasteiger partial charge in [0.2, 0.25) is 0 Å². The second-order valence-electron chi connectivity index (χ2n) is 7.76. The summed E-state index contributed by atoms with van der Waals surface area (Å²) in [6, 6.07) is 16.1. The number of amides is 3. The molecule has 1 fully saturated rings. The Labute approximate surface area is 173 Å². The van der Waals surface area contributed by atoms with E-state index in [-0.39, 0.29) is 23.9 Å². The van der Waals surface area contributed by atoms with E-state index < -0.39 is 0 Å². The lowest BCUT2D eigenvalue weighted by Gasteiger charge is -2.32. The molecule has 0 radical (unpaired) electrons. The molecule has 0 saturated carbocycles. The second kappa shape index (κ2) is 9.59. The van der Waals surface area contributed by atoms with Crippen LogP contribution in [0.5, 0.6) is 0 Å². The molecule has 1 saturated heterocycles. The molecule has 3 rings (SSSR count). The van der Waals surface area contributed by atoms with E-state index in [4.69, 9.17) is 0 Å². The van der Waals surface area contributed by atoms with Gasteiger partial charge in [0.15, 0.2) is 0 Å². The third kappa shape index (κ3) is 5.17. The van der Waals surface area contributed by atoms with Crippen LogP contribution in [0.1, 0.15) is 65.7 Å². The number of carbonyl (C=O) groups is 2. The summed E-state index contributed by atoms with van der Waals surface area (Å²) in [7, 11) is 1.66. The van der Waals surface area contributed by atoms with Crippen molar-refractivity contribution in [2.75, 3.05) is 20.1 Å². The first kappa shape index (κ1) is 20.9. The predicted octanol–water partition coefficient (Wildman–Crippen LogP) is 4.26. The molecule has 5 nitrogen and oxygen atoms in total. The van der Waals surface area contributed by atoms with Gasteiger partial charge in [0.25, 0.3) is 5.91 Å². The Balaban J connectivity index is 1.68. The molecular weight excluding hydrogens is 362 g/mol. The largest absolute Gasteiger partial charge is 0.346 e. The van der Waals surface area contributed by atoms with Crippen LogP contribution < -0.4 is 10.6 Å². The molecule has 5 heteroatoms. The maximum atomic E-state index is 12.8. The first-order chi connectivity index (χ1) is 14.0. The molecule has 2 aromatic carbocycles. The fourth-order valence-corrected chi connectivity index (χ4v) is 3.93. The van der Waals surface area contributed by atoms with E-state index in [2.05, 4.69) is 47.9 Å². The van der Waals surface area contributed by atoms with E-state index in [1.54, 1.807) is 7.05 Å². The molecule has 3 amide bonds. The van der Waals surface area contributed by atoms with Crippen molar-refractivity contribution in [3.05, 3.63) is 70.8 Å². The zero-order valence-corrected chi connectivity index (χ0v) is 17.6. The number of urea groups is 1. The van der Waals surface area contributed by atoms with Crippen LogP contribution in [0.3, 0.4) is 0 Å². The van der Waals surface area contributed by atoms with Gasteiger partial charge in [0, 0.05) is 31.6 Å². The summed E-state index contributed by atoms with van der Waals surface area (Å²) in [6.45, 7) is 5.61. The molecule has 2 atom stereocenters. The normalized spacial score (nSPS) is 17.5. The minimum absolute atomic E-state index is 0.0356. The van der Waals surface area contributed by atoms with E-state index in [0.29, 0.717) is 12.1 Å². The van der Waals surface area contributed by atoms with Gasteiger partial charge >= 0.3 is 6.03 Å². The van der Waals surface area contributed by atoms with Crippen LogP contribution in [-0.4, -0.2) is 37.0 Å². The van der Waals surface area contributed by atoms with Crippen molar-refractivity contribution >= 4 is 11.9 Å². The molecule has 2 N–H and O–H groups in total. The first-order valence-electron chi connectivity index (χ1n) is 10.5. The Bertz CT molecular complexity index is 847. The van der Waals surface area contributed by atoms with Crippen molar-refractivity contribution in [1.29, 1.82) is 0 Å². The number of hydrogen-bond acceptors (Lipinski definition) is 2. The summed E-state index contributed by atoms with van der Waals surface area (Å²) < 4.78 is 0. The molecule has 29 heavy (non-hydrogen) atoms. The zero-order valence-electron chi connectivity index (χ0n) is 17.6. The zero-order chi connectivity index (χ0) is 20.8. The molecule has 0 aliphatic carbocycles. The van der Waals surface area contributed by atoms with Crippen molar-refractivity contribution < 1.29 is 9.59 Å². The van der Waals surface area contributed by atoms with Gasteiger partial charge in [-0.3, -0.25) is 4.79 Å². The fraction of sp³-hybridized carbons (Fsp3) is 0.417. The molecule has 1 aliphatic rings. The standard InChI is InChI=1S/C24H31N3O2/c1-4-18-10-12-19(13-11-18)17(2)26-23(28)21-8-5-7-20(15-21)22-9-6-14-27(16-22)24(29)25-3/h5,7-8,10-13,15,17,22H,4,6,9,14,16H2,1-3H3,(H,25,29)(H,26,28)/t17-,22+/m0/s1. The lowest BCUT2D eigenvalue weighted by Crippen LogP contribution is -2.43. The molecule has 1 heterocycles. The number of hydrogen-bond donors (Lipinski definition) is 2. The van der Waals surface area contributed by atoms with Gasteiger partial charge in [0.1, 0.15) is 0 Å². The second-order valence-corrected chi connectivity index (χ2v) is 7.76. The van der Waals surface area contributed by atoms with Crippen molar-refractivity contribution in [3.63, 3.8) is 0 Å². The van der Waals surface area contributed by atoms with Crippen LogP contribution in [0.2, 0.25) is 0 Å². The molecule has 2 aromatic rings. The highest BCUT2D eigenvalue weighted by atomic mass is 16.2. The van der Waals surface area contributed by atoms with E-state index in [1.165, 1.54) is 5.56 Å². The van der Waals surface area contributed by atoms with E-state index in [1.807, 2.05) is 30.0 Å². The summed E-state index contributed by atoms with van der Waals surface area (Å²) in [5.74, 6) is 0.186. The van der Waals surface area contributed by atoms with Gasteiger partial charge in [0.05, 0.1) is 6.04 Å². The van der Waals surface area contributed by atoms with E-state index in [9.17, 15) is 9.59 Å². The quantitative estimate of drug-likeness (QED) is 0.797. The van der Waals surface area contributed by atoms with Crippen LogP contribution in [-0.2, 0) is 6.42 Å². The summed E-state index contributed by atoms with van der Waals surface area (Å²) in [6.07, 6.45) is 3.00. The van der Waals surface area contributed by atoms with E-state index in [0.717, 1.165) is 36.9 Å². The van der Waals surface area contributed by atoms with Crippen LogP contribution in [0.4, 0.5) is 4.79 Å². The van der Waals surface area contributed by atoms with Gasteiger partial charge in [-0.05, 0) is 55.0 Å². The Morgan fingerprint density at radius 1 is 1.17 bits per heavy atom. The van der Waals surface area contributed by atoms with Crippen LogP contribution in [0, 0.1) is 0 Å². The van der Waals surface area contributed by atoms with Crippen molar-refractivity contribution in [2.45, 2.75) is 45.1 Å². The lowest BCUT2D eigenvalue weighted by molar-refractivity contribution is 0.0939. The first-order valence-corrected chi connectivity index (χ1v) is 10.5. The summed E-state index contributed by atoms with van der Waals surface area (Å²) in [4.78, 5) is 26.6.